The number of fused-ring (bicyclic) bond motifs is 1. The van der Waals surface area contributed by atoms with Crippen molar-refractivity contribution in [1.29, 1.82) is 0 Å². The maximum absolute atomic E-state index is 5.38. The average molecular weight is 262 g/mol. The average Bonchev–Trinajstić information content (AvgIpc) is 3.08. The smallest absolute Gasteiger partial charge is 0.266 e. The van der Waals surface area contributed by atoms with Gasteiger partial charge in [-0.05, 0) is 19.0 Å². The third kappa shape index (κ3) is 2.21. The Morgan fingerprint density at radius 3 is 3.05 bits per heavy atom. The van der Waals surface area contributed by atoms with Crippen LogP contribution in [0.4, 0.5) is 5.95 Å². The van der Waals surface area contributed by atoms with Gasteiger partial charge in [0, 0.05) is 26.1 Å². The highest BCUT2D eigenvalue weighted by atomic mass is 16.5. The van der Waals surface area contributed by atoms with Crippen molar-refractivity contribution in [2.45, 2.75) is 32.9 Å². The molecule has 1 aliphatic heterocycles. The van der Waals surface area contributed by atoms with Gasteiger partial charge in [-0.25, -0.2) is 4.98 Å². The van der Waals surface area contributed by atoms with Crippen LogP contribution in [-0.2, 0) is 13.0 Å². The predicted octanol–water partition coefficient (Wildman–Crippen LogP) is 1.03. The van der Waals surface area contributed by atoms with Gasteiger partial charge in [0.15, 0.2) is 0 Å². The Kier molecular flexibility index (Phi) is 3.20. The van der Waals surface area contributed by atoms with Crippen LogP contribution in [0.3, 0.4) is 0 Å². The summed E-state index contributed by atoms with van der Waals surface area (Å²) in [6, 6.07) is 0.0487. The molecule has 0 fully saturated rings. The van der Waals surface area contributed by atoms with Crippen LogP contribution in [0.25, 0.3) is 0 Å². The lowest BCUT2D eigenvalue weighted by molar-refractivity contribution is 0.319. The van der Waals surface area contributed by atoms with Crippen molar-refractivity contribution in [3.05, 3.63) is 23.6 Å². The second-order valence-corrected chi connectivity index (χ2v) is 4.57. The van der Waals surface area contributed by atoms with Gasteiger partial charge in [-0.1, -0.05) is 0 Å². The SMILES string of the molecule is CCN(CC)c1noc(C2Cc3nc[nH]c3CN2)n1. The summed E-state index contributed by atoms with van der Waals surface area (Å²) in [5.41, 5.74) is 2.21. The zero-order valence-corrected chi connectivity index (χ0v) is 11.2. The van der Waals surface area contributed by atoms with E-state index >= 15 is 0 Å². The summed E-state index contributed by atoms with van der Waals surface area (Å²) in [5.74, 6) is 1.30. The molecule has 0 spiro atoms. The molecule has 2 aromatic heterocycles. The molecule has 0 saturated heterocycles. The highest BCUT2D eigenvalue weighted by Gasteiger charge is 2.26. The van der Waals surface area contributed by atoms with Crippen molar-refractivity contribution < 1.29 is 4.52 Å². The van der Waals surface area contributed by atoms with Gasteiger partial charge in [0.05, 0.1) is 23.8 Å². The summed E-state index contributed by atoms with van der Waals surface area (Å²) in [6.07, 6.45) is 2.50. The topological polar surface area (TPSA) is 82.9 Å². The van der Waals surface area contributed by atoms with Gasteiger partial charge < -0.3 is 14.4 Å². The van der Waals surface area contributed by atoms with Crippen LogP contribution in [-0.4, -0.2) is 33.2 Å². The van der Waals surface area contributed by atoms with Gasteiger partial charge in [-0.2, -0.15) is 4.98 Å². The van der Waals surface area contributed by atoms with Gasteiger partial charge in [0.25, 0.3) is 5.95 Å². The molecule has 3 heterocycles. The number of aromatic nitrogens is 4. The molecule has 0 aromatic carbocycles. The van der Waals surface area contributed by atoms with Gasteiger partial charge in [-0.15, -0.1) is 0 Å². The third-order valence-electron chi connectivity index (χ3n) is 3.51. The standard InChI is InChI=1S/C12H18N6O/c1-3-18(4-2)12-16-11(19-17-12)9-5-8-10(6-13-9)15-7-14-8/h7,9,13H,3-6H2,1-2H3,(H,14,15). The van der Waals surface area contributed by atoms with Gasteiger partial charge in [0.1, 0.15) is 0 Å². The zero-order chi connectivity index (χ0) is 13.2. The van der Waals surface area contributed by atoms with E-state index in [4.69, 9.17) is 4.52 Å². The van der Waals surface area contributed by atoms with E-state index in [1.54, 1.807) is 6.33 Å². The van der Waals surface area contributed by atoms with Crippen LogP contribution >= 0.6 is 0 Å². The lowest BCUT2D eigenvalue weighted by Gasteiger charge is -2.19. The molecule has 2 N–H and O–H groups in total. The largest absolute Gasteiger partial charge is 0.347 e. The summed E-state index contributed by atoms with van der Waals surface area (Å²) >= 11 is 0. The molecular formula is C12H18N6O. The molecule has 0 saturated carbocycles. The van der Waals surface area contributed by atoms with E-state index in [0.29, 0.717) is 11.8 Å². The normalized spacial score (nSPS) is 18.3. The first kappa shape index (κ1) is 12.2. The second-order valence-electron chi connectivity index (χ2n) is 4.57. The molecule has 0 aliphatic carbocycles. The summed E-state index contributed by atoms with van der Waals surface area (Å²) in [4.78, 5) is 14.0. The van der Waals surface area contributed by atoms with Crippen LogP contribution < -0.4 is 10.2 Å². The molecule has 19 heavy (non-hydrogen) atoms. The quantitative estimate of drug-likeness (QED) is 0.856. The number of imidazole rings is 1. The van der Waals surface area contributed by atoms with Crippen LogP contribution in [0.1, 0.15) is 37.2 Å². The minimum atomic E-state index is 0.0487. The molecule has 7 nitrogen and oxygen atoms in total. The molecule has 102 valence electrons. The fourth-order valence-corrected chi connectivity index (χ4v) is 2.35. The Morgan fingerprint density at radius 1 is 1.42 bits per heavy atom. The van der Waals surface area contributed by atoms with Crippen molar-refractivity contribution in [3.8, 4) is 0 Å². The van der Waals surface area contributed by atoms with Crippen LogP contribution in [0.15, 0.2) is 10.9 Å². The first-order chi connectivity index (χ1) is 9.31. The van der Waals surface area contributed by atoms with Gasteiger partial charge >= 0.3 is 0 Å². The Balaban J connectivity index is 1.77. The number of aromatic amines is 1. The molecule has 7 heteroatoms. The Morgan fingerprint density at radius 2 is 2.26 bits per heavy atom. The van der Waals surface area contributed by atoms with E-state index in [9.17, 15) is 0 Å². The Hall–Kier alpha value is -1.89. The van der Waals surface area contributed by atoms with Crippen LogP contribution in [0.5, 0.6) is 0 Å². The molecule has 1 atom stereocenters. The molecule has 2 aromatic rings. The lowest BCUT2D eigenvalue weighted by Crippen LogP contribution is -2.29. The van der Waals surface area contributed by atoms with E-state index < -0.39 is 0 Å². The fourth-order valence-electron chi connectivity index (χ4n) is 2.35. The summed E-state index contributed by atoms with van der Waals surface area (Å²) in [5, 5.41) is 7.43. The van der Waals surface area contributed by atoms with E-state index in [-0.39, 0.29) is 6.04 Å². The number of nitrogens with one attached hydrogen (secondary N) is 2. The molecule has 0 amide bonds. The van der Waals surface area contributed by atoms with Crippen molar-refractivity contribution in [3.63, 3.8) is 0 Å². The number of anilines is 1. The monoisotopic (exact) mass is 262 g/mol. The zero-order valence-electron chi connectivity index (χ0n) is 11.2. The molecule has 3 rings (SSSR count). The number of hydrogen-bond acceptors (Lipinski definition) is 6. The van der Waals surface area contributed by atoms with E-state index in [1.807, 2.05) is 0 Å². The minimum absolute atomic E-state index is 0.0487. The summed E-state index contributed by atoms with van der Waals surface area (Å²) in [6.45, 7) is 6.65. The van der Waals surface area contributed by atoms with Crippen molar-refractivity contribution in [2.24, 2.45) is 0 Å². The summed E-state index contributed by atoms with van der Waals surface area (Å²) in [7, 11) is 0. The number of H-pyrrole nitrogens is 1. The van der Waals surface area contributed by atoms with Crippen LogP contribution in [0.2, 0.25) is 0 Å². The number of hydrogen-bond donors (Lipinski definition) is 2. The summed E-state index contributed by atoms with van der Waals surface area (Å²) < 4.78 is 5.38. The molecule has 0 bridgehead atoms. The molecule has 1 aliphatic rings. The van der Waals surface area contributed by atoms with Crippen LogP contribution in [0, 0.1) is 0 Å². The predicted molar refractivity (Wildman–Crippen MR) is 69.7 cm³/mol. The Bertz CT molecular complexity index is 544. The molecule has 1 unspecified atom stereocenters. The van der Waals surface area contributed by atoms with E-state index in [0.717, 1.165) is 37.4 Å². The number of nitrogens with zero attached hydrogens (tertiary/aromatic N) is 4. The first-order valence-electron chi connectivity index (χ1n) is 6.64. The maximum Gasteiger partial charge on any atom is 0.266 e. The minimum Gasteiger partial charge on any atom is -0.347 e. The van der Waals surface area contributed by atoms with E-state index in [2.05, 4.69) is 44.2 Å². The molecular weight excluding hydrogens is 244 g/mol. The highest BCUT2D eigenvalue weighted by molar-refractivity contribution is 5.28. The van der Waals surface area contributed by atoms with E-state index in [1.165, 1.54) is 0 Å². The molecule has 0 radical (unpaired) electrons. The van der Waals surface area contributed by atoms with Gasteiger partial charge in [0.2, 0.25) is 5.89 Å². The van der Waals surface area contributed by atoms with Gasteiger partial charge in [-0.3, -0.25) is 5.32 Å². The lowest BCUT2D eigenvalue weighted by atomic mass is 10.1. The van der Waals surface area contributed by atoms with Crippen molar-refractivity contribution in [1.82, 2.24) is 25.4 Å². The van der Waals surface area contributed by atoms with Crippen molar-refractivity contribution >= 4 is 5.95 Å². The highest BCUT2D eigenvalue weighted by Crippen LogP contribution is 2.23. The first-order valence-corrected chi connectivity index (χ1v) is 6.64. The Labute approximate surface area is 111 Å². The van der Waals surface area contributed by atoms with Crippen molar-refractivity contribution in [2.75, 3.05) is 18.0 Å². The number of rotatable bonds is 4. The maximum atomic E-state index is 5.38. The third-order valence-corrected chi connectivity index (χ3v) is 3.51. The second kappa shape index (κ2) is 5.00. The fraction of sp³-hybridized carbons (Fsp3) is 0.583.